The monoisotopic (exact) mass is 322 g/mol. The summed E-state index contributed by atoms with van der Waals surface area (Å²) in [6.07, 6.45) is -3.31. The molecule has 0 radical (unpaired) electrons. The number of rotatable bonds is 3. The Kier molecular flexibility index (Phi) is 4.91. The van der Waals surface area contributed by atoms with E-state index in [4.69, 9.17) is 11.6 Å². The van der Waals surface area contributed by atoms with Gasteiger partial charge in [0.15, 0.2) is 0 Å². The standard InChI is InChI=1S/C14H15ClF4N2/c1-2-11(21-7-5-20-6-8-21)12-9(14(17,18)19)3-4-10(15)13(12)16/h2-4,11,20H,1,5-8H2/t11-/m1/s1. The Balaban J connectivity index is 2.53. The minimum atomic E-state index is -4.64. The average Bonchev–Trinajstić information content (AvgIpc) is 2.44. The first-order valence-electron chi connectivity index (χ1n) is 6.48. The zero-order valence-corrected chi connectivity index (χ0v) is 11.9. The molecule has 0 unspecified atom stereocenters. The van der Waals surface area contributed by atoms with Gasteiger partial charge in [0.1, 0.15) is 5.82 Å². The maximum Gasteiger partial charge on any atom is 0.416 e. The summed E-state index contributed by atoms with van der Waals surface area (Å²) in [4.78, 5) is 1.76. The van der Waals surface area contributed by atoms with Crippen molar-refractivity contribution in [2.45, 2.75) is 12.2 Å². The molecule has 7 heteroatoms. The van der Waals surface area contributed by atoms with E-state index in [0.717, 1.165) is 12.1 Å². The summed E-state index contributed by atoms with van der Waals surface area (Å²) in [5.41, 5.74) is -1.46. The Morgan fingerprint density at radius 1 is 1.29 bits per heavy atom. The summed E-state index contributed by atoms with van der Waals surface area (Å²) in [5.74, 6) is -1.03. The predicted molar refractivity (Wildman–Crippen MR) is 73.8 cm³/mol. The fraction of sp³-hybridized carbons (Fsp3) is 0.429. The van der Waals surface area contributed by atoms with E-state index < -0.39 is 29.2 Å². The molecule has 1 atom stereocenters. The second kappa shape index (κ2) is 6.34. The molecular formula is C14H15ClF4N2. The van der Waals surface area contributed by atoms with Crippen LogP contribution in [0.25, 0.3) is 0 Å². The second-order valence-corrected chi connectivity index (χ2v) is 5.19. The van der Waals surface area contributed by atoms with Crippen molar-refractivity contribution in [3.05, 3.63) is 46.8 Å². The summed E-state index contributed by atoms with van der Waals surface area (Å²) in [6, 6.07) is 0.892. The fourth-order valence-corrected chi connectivity index (χ4v) is 2.68. The average molecular weight is 323 g/mol. The Labute approximate surface area is 125 Å². The van der Waals surface area contributed by atoms with Crippen molar-refractivity contribution in [1.29, 1.82) is 0 Å². The molecule has 21 heavy (non-hydrogen) atoms. The van der Waals surface area contributed by atoms with Crippen LogP contribution in [0.3, 0.4) is 0 Å². The summed E-state index contributed by atoms with van der Waals surface area (Å²) >= 11 is 5.67. The van der Waals surface area contributed by atoms with Gasteiger partial charge in [-0.2, -0.15) is 13.2 Å². The van der Waals surface area contributed by atoms with Gasteiger partial charge >= 0.3 is 6.18 Å². The molecule has 0 aromatic heterocycles. The molecule has 1 aliphatic rings. The molecule has 2 rings (SSSR count). The van der Waals surface area contributed by atoms with Crippen LogP contribution in [0.1, 0.15) is 17.2 Å². The third-order valence-electron chi connectivity index (χ3n) is 3.50. The van der Waals surface area contributed by atoms with Gasteiger partial charge in [-0.25, -0.2) is 4.39 Å². The lowest BCUT2D eigenvalue weighted by atomic mass is 9.97. The van der Waals surface area contributed by atoms with Gasteiger partial charge in [0.2, 0.25) is 0 Å². The summed E-state index contributed by atoms with van der Waals surface area (Å²) in [7, 11) is 0. The van der Waals surface area contributed by atoms with E-state index in [1.54, 1.807) is 4.90 Å². The molecule has 0 spiro atoms. The van der Waals surface area contributed by atoms with Gasteiger partial charge in [-0.3, -0.25) is 4.90 Å². The Bertz CT molecular complexity index is 524. The van der Waals surface area contributed by atoms with Crippen LogP contribution >= 0.6 is 11.6 Å². The van der Waals surface area contributed by atoms with E-state index in [2.05, 4.69) is 11.9 Å². The third-order valence-corrected chi connectivity index (χ3v) is 3.79. The summed E-state index contributed by atoms with van der Waals surface area (Å²) in [5, 5.41) is 2.78. The van der Waals surface area contributed by atoms with Gasteiger partial charge in [-0.15, -0.1) is 6.58 Å². The van der Waals surface area contributed by atoms with Gasteiger partial charge < -0.3 is 5.32 Å². The molecule has 0 amide bonds. The van der Waals surface area contributed by atoms with Crippen LogP contribution in [0.2, 0.25) is 5.02 Å². The highest BCUT2D eigenvalue weighted by Gasteiger charge is 2.38. The molecular weight excluding hydrogens is 308 g/mol. The van der Waals surface area contributed by atoms with Crippen molar-refractivity contribution in [1.82, 2.24) is 10.2 Å². The Hall–Kier alpha value is -1.11. The normalized spacial score (nSPS) is 18.5. The molecule has 1 aromatic carbocycles. The van der Waals surface area contributed by atoms with E-state index in [-0.39, 0.29) is 5.02 Å². The van der Waals surface area contributed by atoms with Crippen molar-refractivity contribution in [2.75, 3.05) is 26.2 Å². The summed E-state index contributed by atoms with van der Waals surface area (Å²) < 4.78 is 53.7. The van der Waals surface area contributed by atoms with Gasteiger partial charge in [-0.05, 0) is 12.1 Å². The molecule has 0 saturated carbocycles. The van der Waals surface area contributed by atoms with Crippen LogP contribution in [-0.4, -0.2) is 31.1 Å². The topological polar surface area (TPSA) is 15.3 Å². The van der Waals surface area contributed by atoms with Crippen LogP contribution in [-0.2, 0) is 6.18 Å². The molecule has 116 valence electrons. The van der Waals surface area contributed by atoms with Crippen LogP contribution in [0, 0.1) is 5.82 Å². The lowest BCUT2D eigenvalue weighted by molar-refractivity contribution is -0.138. The first-order valence-corrected chi connectivity index (χ1v) is 6.86. The van der Waals surface area contributed by atoms with Crippen LogP contribution < -0.4 is 5.32 Å². The maximum absolute atomic E-state index is 14.3. The molecule has 1 saturated heterocycles. The van der Waals surface area contributed by atoms with Crippen LogP contribution in [0.5, 0.6) is 0 Å². The van der Waals surface area contributed by atoms with Crippen molar-refractivity contribution < 1.29 is 17.6 Å². The largest absolute Gasteiger partial charge is 0.416 e. The molecule has 1 fully saturated rings. The zero-order valence-electron chi connectivity index (χ0n) is 11.2. The number of nitrogens with one attached hydrogen (secondary N) is 1. The Morgan fingerprint density at radius 3 is 2.43 bits per heavy atom. The van der Waals surface area contributed by atoms with E-state index in [1.807, 2.05) is 0 Å². The fourth-order valence-electron chi connectivity index (χ4n) is 2.51. The van der Waals surface area contributed by atoms with Gasteiger partial charge in [0.05, 0.1) is 16.6 Å². The van der Waals surface area contributed by atoms with E-state index in [1.165, 1.54) is 6.08 Å². The van der Waals surface area contributed by atoms with Crippen molar-refractivity contribution >= 4 is 11.6 Å². The van der Waals surface area contributed by atoms with Crippen LogP contribution in [0.4, 0.5) is 17.6 Å². The predicted octanol–water partition coefficient (Wildman–Crippen LogP) is 3.63. The SMILES string of the molecule is C=C[C@H](c1c(C(F)(F)F)ccc(Cl)c1F)N1CCNCC1. The molecule has 0 aliphatic carbocycles. The lowest BCUT2D eigenvalue weighted by Gasteiger charge is -2.34. The van der Waals surface area contributed by atoms with Crippen LogP contribution in [0.15, 0.2) is 24.8 Å². The van der Waals surface area contributed by atoms with Crippen molar-refractivity contribution in [3.8, 4) is 0 Å². The summed E-state index contributed by atoms with van der Waals surface area (Å²) in [6.45, 7) is 5.86. The van der Waals surface area contributed by atoms with E-state index in [0.29, 0.717) is 26.2 Å². The highest BCUT2D eigenvalue weighted by Crippen LogP contribution is 2.40. The first kappa shape index (κ1) is 16.3. The number of hydrogen-bond acceptors (Lipinski definition) is 2. The highest BCUT2D eigenvalue weighted by atomic mass is 35.5. The quantitative estimate of drug-likeness (QED) is 0.675. The zero-order chi connectivity index (χ0) is 15.6. The number of benzene rings is 1. The minimum absolute atomic E-state index is 0.319. The molecule has 1 heterocycles. The Morgan fingerprint density at radius 2 is 1.90 bits per heavy atom. The number of halogens is 5. The van der Waals surface area contributed by atoms with Gasteiger partial charge in [0, 0.05) is 31.7 Å². The number of piperazine rings is 1. The molecule has 1 aliphatic heterocycles. The highest BCUT2D eigenvalue weighted by molar-refractivity contribution is 6.30. The van der Waals surface area contributed by atoms with Gasteiger partial charge in [-0.1, -0.05) is 17.7 Å². The third kappa shape index (κ3) is 3.39. The van der Waals surface area contributed by atoms with E-state index >= 15 is 0 Å². The first-order chi connectivity index (χ1) is 9.86. The number of nitrogens with zero attached hydrogens (tertiary/aromatic N) is 1. The van der Waals surface area contributed by atoms with Crippen molar-refractivity contribution in [3.63, 3.8) is 0 Å². The second-order valence-electron chi connectivity index (χ2n) is 4.79. The maximum atomic E-state index is 14.3. The van der Waals surface area contributed by atoms with E-state index in [9.17, 15) is 17.6 Å². The minimum Gasteiger partial charge on any atom is -0.314 e. The molecule has 0 bridgehead atoms. The van der Waals surface area contributed by atoms with Gasteiger partial charge in [0.25, 0.3) is 0 Å². The van der Waals surface area contributed by atoms with Crippen molar-refractivity contribution in [2.24, 2.45) is 0 Å². The number of alkyl halides is 3. The lowest BCUT2D eigenvalue weighted by Crippen LogP contribution is -2.45. The molecule has 2 nitrogen and oxygen atoms in total. The molecule has 1 aromatic rings. The number of hydrogen-bond donors (Lipinski definition) is 1. The smallest absolute Gasteiger partial charge is 0.314 e. The molecule has 1 N–H and O–H groups in total.